The van der Waals surface area contributed by atoms with Crippen molar-refractivity contribution in [3.63, 3.8) is 0 Å². The molecule has 0 unspecified atom stereocenters. The van der Waals surface area contributed by atoms with E-state index in [9.17, 15) is 14.9 Å². The Morgan fingerprint density at radius 2 is 1.94 bits per heavy atom. The molecule has 1 rings (SSSR count). The van der Waals surface area contributed by atoms with E-state index in [1.54, 1.807) is 0 Å². The standard InChI is InChI=1S/C11H21N3O4/c1-18-10(15)4-2-3-5-11(14(16)17)8-12-6-7-13-9-11/h12-13H,2-9H2,1H3. The van der Waals surface area contributed by atoms with E-state index < -0.39 is 5.54 Å². The van der Waals surface area contributed by atoms with Crippen molar-refractivity contribution < 1.29 is 14.5 Å². The zero-order valence-corrected chi connectivity index (χ0v) is 10.7. The maximum absolute atomic E-state index is 11.2. The molecule has 104 valence electrons. The number of methoxy groups -OCH3 is 1. The number of unbranched alkanes of at least 4 members (excludes halogenated alkanes) is 1. The molecule has 1 heterocycles. The summed E-state index contributed by atoms with van der Waals surface area (Å²) in [6.07, 6.45) is 2.07. The lowest BCUT2D eigenvalue weighted by Crippen LogP contribution is -2.51. The van der Waals surface area contributed by atoms with Gasteiger partial charge in [0.25, 0.3) is 0 Å². The van der Waals surface area contributed by atoms with Crippen molar-refractivity contribution in [3.05, 3.63) is 10.1 Å². The van der Waals surface area contributed by atoms with Crippen LogP contribution in [0.1, 0.15) is 25.7 Å². The highest BCUT2D eigenvalue weighted by Crippen LogP contribution is 2.19. The van der Waals surface area contributed by atoms with Gasteiger partial charge in [0.1, 0.15) is 0 Å². The maximum atomic E-state index is 11.2. The Balaban J connectivity index is 2.42. The maximum Gasteiger partial charge on any atom is 0.305 e. The lowest BCUT2D eigenvalue weighted by atomic mass is 9.92. The predicted octanol–water partition coefficient (Wildman–Crippen LogP) is -0.0719. The summed E-state index contributed by atoms with van der Waals surface area (Å²) in [4.78, 5) is 22.0. The largest absolute Gasteiger partial charge is 0.469 e. The van der Waals surface area contributed by atoms with E-state index in [0.29, 0.717) is 38.8 Å². The second-order valence-corrected chi connectivity index (χ2v) is 4.62. The molecule has 0 bridgehead atoms. The van der Waals surface area contributed by atoms with Crippen LogP contribution >= 0.6 is 0 Å². The Bertz CT molecular complexity index is 288. The molecule has 0 atom stereocenters. The minimum absolute atomic E-state index is 0.198. The van der Waals surface area contributed by atoms with E-state index in [4.69, 9.17) is 0 Å². The Kier molecular flexibility index (Phi) is 6.00. The molecule has 1 fully saturated rings. The zero-order chi connectivity index (χ0) is 13.4. The quantitative estimate of drug-likeness (QED) is 0.300. The zero-order valence-electron chi connectivity index (χ0n) is 10.7. The van der Waals surface area contributed by atoms with Gasteiger partial charge in [-0.1, -0.05) is 0 Å². The highest BCUT2D eigenvalue weighted by molar-refractivity contribution is 5.68. The number of esters is 1. The smallest absolute Gasteiger partial charge is 0.305 e. The average molecular weight is 259 g/mol. The van der Waals surface area contributed by atoms with Crippen molar-refractivity contribution in [2.45, 2.75) is 31.2 Å². The normalized spacial score (nSPS) is 18.9. The first kappa shape index (κ1) is 14.8. The Labute approximate surface area is 106 Å². The Morgan fingerprint density at radius 1 is 1.33 bits per heavy atom. The number of nitrogens with zero attached hydrogens (tertiary/aromatic N) is 1. The number of hydrogen-bond acceptors (Lipinski definition) is 6. The lowest BCUT2D eigenvalue weighted by Gasteiger charge is -2.23. The highest BCUT2D eigenvalue weighted by Gasteiger charge is 2.42. The van der Waals surface area contributed by atoms with Crippen molar-refractivity contribution in [3.8, 4) is 0 Å². The molecule has 0 aromatic rings. The topological polar surface area (TPSA) is 93.5 Å². The van der Waals surface area contributed by atoms with Gasteiger partial charge in [0.15, 0.2) is 0 Å². The van der Waals surface area contributed by atoms with Gasteiger partial charge in [-0.15, -0.1) is 0 Å². The van der Waals surface area contributed by atoms with Gasteiger partial charge in [0.2, 0.25) is 5.54 Å². The average Bonchev–Trinajstić information content (AvgIpc) is 2.60. The van der Waals surface area contributed by atoms with Crippen LogP contribution in [-0.2, 0) is 9.53 Å². The van der Waals surface area contributed by atoms with Crippen LogP contribution in [0.15, 0.2) is 0 Å². The molecule has 1 aliphatic rings. The molecule has 7 nitrogen and oxygen atoms in total. The molecular weight excluding hydrogens is 238 g/mol. The minimum atomic E-state index is -0.952. The molecule has 1 aliphatic heterocycles. The van der Waals surface area contributed by atoms with Gasteiger partial charge < -0.3 is 15.4 Å². The molecule has 1 saturated heterocycles. The van der Waals surface area contributed by atoms with Crippen molar-refractivity contribution in [2.24, 2.45) is 0 Å². The van der Waals surface area contributed by atoms with Crippen LogP contribution in [0.2, 0.25) is 0 Å². The fraction of sp³-hybridized carbons (Fsp3) is 0.909. The Morgan fingerprint density at radius 3 is 2.44 bits per heavy atom. The van der Waals surface area contributed by atoms with E-state index in [1.165, 1.54) is 7.11 Å². The van der Waals surface area contributed by atoms with Gasteiger partial charge in [-0.3, -0.25) is 14.9 Å². The van der Waals surface area contributed by atoms with Gasteiger partial charge in [0.05, 0.1) is 20.2 Å². The number of nitro groups is 1. The van der Waals surface area contributed by atoms with Crippen LogP contribution in [-0.4, -0.2) is 49.7 Å². The molecule has 0 amide bonds. The second kappa shape index (κ2) is 7.27. The Hall–Kier alpha value is -1.21. The number of hydrogen-bond donors (Lipinski definition) is 2. The number of nitrogens with one attached hydrogen (secondary N) is 2. The van der Waals surface area contributed by atoms with E-state index in [2.05, 4.69) is 15.4 Å². The monoisotopic (exact) mass is 259 g/mol. The number of carbonyl (C=O) groups is 1. The molecule has 0 aromatic carbocycles. The third kappa shape index (κ3) is 4.23. The summed E-state index contributed by atoms with van der Waals surface area (Å²) < 4.78 is 4.54. The van der Waals surface area contributed by atoms with Gasteiger partial charge in [-0.05, 0) is 12.8 Å². The molecule has 18 heavy (non-hydrogen) atoms. The summed E-state index contributed by atoms with van der Waals surface area (Å²) in [7, 11) is 1.35. The molecular formula is C11H21N3O4. The molecule has 0 saturated carbocycles. The van der Waals surface area contributed by atoms with Crippen LogP contribution in [0.4, 0.5) is 0 Å². The van der Waals surface area contributed by atoms with Crippen LogP contribution in [0.25, 0.3) is 0 Å². The molecule has 0 spiro atoms. The highest BCUT2D eigenvalue weighted by atomic mass is 16.6. The predicted molar refractivity (Wildman–Crippen MR) is 65.9 cm³/mol. The van der Waals surface area contributed by atoms with Gasteiger partial charge in [-0.2, -0.15) is 0 Å². The fourth-order valence-corrected chi connectivity index (χ4v) is 2.10. The van der Waals surface area contributed by atoms with Crippen molar-refractivity contribution in [2.75, 3.05) is 33.3 Å². The van der Waals surface area contributed by atoms with Crippen LogP contribution in [0.5, 0.6) is 0 Å². The number of carbonyl (C=O) groups excluding carboxylic acids is 1. The third-order valence-corrected chi connectivity index (χ3v) is 3.27. The SMILES string of the molecule is COC(=O)CCCCC1([N+](=O)[O-])CNCCNC1. The van der Waals surface area contributed by atoms with E-state index in [1.807, 2.05) is 0 Å². The summed E-state index contributed by atoms with van der Waals surface area (Å²) in [6, 6.07) is 0. The molecule has 0 aromatic heterocycles. The first-order valence-corrected chi connectivity index (χ1v) is 6.23. The second-order valence-electron chi connectivity index (χ2n) is 4.62. The minimum Gasteiger partial charge on any atom is -0.469 e. The first-order chi connectivity index (χ1) is 8.60. The van der Waals surface area contributed by atoms with E-state index in [-0.39, 0.29) is 10.9 Å². The van der Waals surface area contributed by atoms with E-state index in [0.717, 1.165) is 13.1 Å². The van der Waals surface area contributed by atoms with Crippen LogP contribution in [0, 0.1) is 10.1 Å². The van der Waals surface area contributed by atoms with Gasteiger partial charge >= 0.3 is 5.97 Å². The lowest BCUT2D eigenvalue weighted by molar-refractivity contribution is -0.566. The summed E-state index contributed by atoms with van der Waals surface area (Å²) in [6.45, 7) is 2.26. The van der Waals surface area contributed by atoms with Crippen molar-refractivity contribution in [1.29, 1.82) is 0 Å². The summed E-state index contributed by atoms with van der Waals surface area (Å²) in [5, 5.41) is 17.4. The third-order valence-electron chi connectivity index (χ3n) is 3.27. The molecule has 0 aliphatic carbocycles. The van der Waals surface area contributed by atoms with Crippen LogP contribution < -0.4 is 10.6 Å². The molecule has 7 heteroatoms. The van der Waals surface area contributed by atoms with E-state index >= 15 is 0 Å². The van der Waals surface area contributed by atoms with Gasteiger partial charge in [0, 0.05) is 30.9 Å². The first-order valence-electron chi connectivity index (χ1n) is 6.23. The summed E-state index contributed by atoms with van der Waals surface area (Å²) in [5.74, 6) is -0.262. The fourth-order valence-electron chi connectivity index (χ4n) is 2.10. The van der Waals surface area contributed by atoms with Crippen molar-refractivity contribution in [1.82, 2.24) is 10.6 Å². The number of rotatable bonds is 6. The summed E-state index contributed by atoms with van der Waals surface area (Å²) in [5.41, 5.74) is -0.952. The molecule has 2 N–H and O–H groups in total. The number of ether oxygens (including phenoxy) is 1. The van der Waals surface area contributed by atoms with Gasteiger partial charge in [-0.25, -0.2) is 0 Å². The van der Waals surface area contributed by atoms with Crippen LogP contribution in [0.3, 0.4) is 0 Å². The summed E-state index contributed by atoms with van der Waals surface area (Å²) >= 11 is 0. The van der Waals surface area contributed by atoms with Crippen molar-refractivity contribution >= 4 is 5.97 Å². The molecule has 0 radical (unpaired) electrons.